The summed E-state index contributed by atoms with van der Waals surface area (Å²) >= 11 is 1.49. The molecule has 0 spiro atoms. The highest BCUT2D eigenvalue weighted by atomic mass is 32.2. The zero-order chi connectivity index (χ0) is 21.9. The summed E-state index contributed by atoms with van der Waals surface area (Å²) in [5, 5.41) is 17.4. The molecular weight excluding hydrogens is 424 g/mol. The van der Waals surface area contributed by atoms with Gasteiger partial charge in [0.15, 0.2) is 0 Å². The number of benzene rings is 2. The molecule has 2 N–H and O–H groups in total. The molecule has 3 aromatic rings. The molecule has 3 rings (SSSR count). The number of nitro groups is 1. The molecule has 156 valence electrons. The second kappa shape index (κ2) is 8.64. The summed E-state index contributed by atoms with van der Waals surface area (Å²) in [7, 11) is -4.00. The zero-order valence-electron chi connectivity index (χ0n) is 16.5. The topological polar surface area (TPSA) is 114 Å². The Kier molecular flexibility index (Phi) is 6.18. The van der Waals surface area contributed by atoms with Crippen LogP contribution in [0.15, 0.2) is 57.8 Å². The maximum Gasteiger partial charge on any atom is 0.295 e. The van der Waals surface area contributed by atoms with Gasteiger partial charge < -0.3 is 0 Å². The first-order chi connectivity index (χ1) is 14.2. The summed E-state index contributed by atoms with van der Waals surface area (Å²) < 4.78 is 28.0. The number of aryl methyl sites for hydroxylation is 3. The first-order valence-electron chi connectivity index (χ1n) is 8.89. The van der Waals surface area contributed by atoms with E-state index in [2.05, 4.69) is 15.2 Å². The molecule has 0 saturated heterocycles. The van der Waals surface area contributed by atoms with Crippen LogP contribution in [-0.2, 0) is 10.0 Å². The second-order valence-corrected chi connectivity index (χ2v) is 9.33. The molecule has 1 aromatic heterocycles. The predicted molar refractivity (Wildman–Crippen MR) is 120 cm³/mol. The number of nitrogens with one attached hydrogen (secondary N) is 2. The number of nitrogens with zero attached hydrogens (tertiary/aromatic N) is 2. The zero-order valence-corrected chi connectivity index (χ0v) is 18.2. The quantitative estimate of drug-likeness (QED) is 0.308. The second-order valence-electron chi connectivity index (χ2n) is 6.70. The highest BCUT2D eigenvalue weighted by Gasteiger charge is 2.22. The molecule has 0 bridgehead atoms. The van der Waals surface area contributed by atoms with E-state index in [4.69, 9.17) is 0 Å². The van der Waals surface area contributed by atoms with E-state index in [1.807, 2.05) is 31.4 Å². The lowest BCUT2D eigenvalue weighted by molar-refractivity contribution is -0.384. The van der Waals surface area contributed by atoms with Crippen LogP contribution in [0.4, 0.5) is 17.1 Å². The molecule has 0 fully saturated rings. The SMILES string of the molecule is Cc1ccc(NS(=O)(=O)c2ccc(N/N=C/c3sccc3C)c([N+](=O)[O-])c2)c(C)c1. The van der Waals surface area contributed by atoms with Crippen molar-refractivity contribution in [2.24, 2.45) is 5.10 Å². The molecule has 0 amide bonds. The molecule has 0 aliphatic carbocycles. The Morgan fingerprint density at radius 3 is 2.40 bits per heavy atom. The molecular formula is C20H20N4O4S2. The molecule has 0 atom stereocenters. The average Bonchev–Trinajstić information content (AvgIpc) is 3.09. The van der Waals surface area contributed by atoms with Crippen molar-refractivity contribution in [3.63, 3.8) is 0 Å². The van der Waals surface area contributed by atoms with Gasteiger partial charge in [-0.05, 0) is 61.5 Å². The fourth-order valence-corrected chi connectivity index (χ4v) is 4.67. The van der Waals surface area contributed by atoms with Gasteiger partial charge in [0.05, 0.1) is 21.7 Å². The number of nitro benzene ring substituents is 1. The molecule has 0 aliphatic heterocycles. The number of hydrazone groups is 1. The largest absolute Gasteiger partial charge is 0.295 e. The van der Waals surface area contributed by atoms with Crippen molar-refractivity contribution in [2.45, 2.75) is 25.7 Å². The molecule has 1 heterocycles. The number of thiophene rings is 1. The van der Waals surface area contributed by atoms with Crippen LogP contribution in [0.3, 0.4) is 0 Å². The predicted octanol–water partition coefficient (Wildman–Crippen LogP) is 4.83. The van der Waals surface area contributed by atoms with E-state index in [-0.39, 0.29) is 10.6 Å². The van der Waals surface area contributed by atoms with E-state index in [1.54, 1.807) is 25.3 Å². The number of rotatable bonds is 7. The number of anilines is 2. The van der Waals surface area contributed by atoms with E-state index in [0.29, 0.717) is 5.69 Å². The molecule has 0 aliphatic rings. The van der Waals surface area contributed by atoms with Gasteiger partial charge in [0.25, 0.3) is 15.7 Å². The third-order valence-electron chi connectivity index (χ3n) is 4.37. The Bertz CT molecular complexity index is 1230. The Balaban J connectivity index is 1.87. The van der Waals surface area contributed by atoms with E-state index in [1.165, 1.54) is 23.5 Å². The standard InChI is InChI=1S/C20H20N4O4S2/c1-13-4-6-17(15(3)10-13)23-30(27,28)16-5-7-18(19(11-16)24(25)26)22-21-12-20-14(2)8-9-29-20/h4-12,22-23H,1-3H3/b21-12+. The van der Waals surface area contributed by atoms with Crippen LogP contribution < -0.4 is 10.1 Å². The van der Waals surface area contributed by atoms with Crippen molar-refractivity contribution in [2.75, 3.05) is 10.1 Å². The molecule has 0 radical (unpaired) electrons. The maximum absolute atomic E-state index is 12.7. The molecule has 0 saturated carbocycles. The summed E-state index contributed by atoms with van der Waals surface area (Å²) in [6, 6.07) is 10.9. The van der Waals surface area contributed by atoms with Crippen LogP contribution in [0.2, 0.25) is 0 Å². The fourth-order valence-electron chi connectivity index (χ4n) is 2.73. The first-order valence-corrected chi connectivity index (χ1v) is 11.3. The van der Waals surface area contributed by atoms with Crippen LogP contribution in [0.25, 0.3) is 0 Å². The Hall–Kier alpha value is -3.24. The van der Waals surface area contributed by atoms with Gasteiger partial charge in [0.2, 0.25) is 0 Å². The van der Waals surface area contributed by atoms with Crippen molar-refractivity contribution >= 4 is 44.6 Å². The number of hydrogen-bond donors (Lipinski definition) is 2. The number of sulfonamides is 1. The Labute approximate surface area is 178 Å². The van der Waals surface area contributed by atoms with E-state index in [0.717, 1.165) is 27.6 Å². The smallest absolute Gasteiger partial charge is 0.279 e. The van der Waals surface area contributed by atoms with Crippen LogP contribution >= 0.6 is 11.3 Å². The van der Waals surface area contributed by atoms with Gasteiger partial charge >= 0.3 is 0 Å². The van der Waals surface area contributed by atoms with Crippen LogP contribution in [0, 0.1) is 30.9 Å². The molecule has 10 heteroatoms. The maximum atomic E-state index is 12.7. The van der Waals surface area contributed by atoms with Crippen LogP contribution in [-0.4, -0.2) is 19.6 Å². The summed E-state index contributed by atoms with van der Waals surface area (Å²) in [4.78, 5) is 11.6. The number of hydrogen-bond acceptors (Lipinski definition) is 7. The van der Waals surface area contributed by atoms with Gasteiger partial charge in [-0.3, -0.25) is 20.3 Å². The van der Waals surface area contributed by atoms with Gasteiger partial charge in [-0.15, -0.1) is 11.3 Å². The molecule has 30 heavy (non-hydrogen) atoms. The lowest BCUT2D eigenvalue weighted by atomic mass is 10.1. The Morgan fingerprint density at radius 1 is 1.03 bits per heavy atom. The van der Waals surface area contributed by atoms with Gasteiger partial charge in [0, 0.05) is 10.9 Å². The van der Waals surface area contributed by atoms with E-state index >= 15 is 0 Å². The summed E-state index contributed by atoms with van der Waals surface area (Å²) in [5.74, 6) is 0. The van der Waals surface area contributed by atoms with Gasteiger partial charge in [-0.25, -0.2) is 8.42 Å². The van der Waals surface area contributed by atoms with Gasteiger partial charge in [0.1, 0.15) is 5.69 Å². The third kappa shape index (κ3) is 4.84. The highest BCUT2D eigenvalue weighted by Crippen LogP contribution is 2.29. The lowest BCUT2D eigenvalue weighted by Gasteiger charge is -2.12. The average molecular weight is 445 g/mol. The Morgan fingerprint density at radius 2 is 1.77 bits per heavy atom. The summed E-state index contributed by atoms with van der Waals surface area (Å²) in [5.41, 5.74) is 5.54. The minimum Gasteiger partial charge on any atom is -0.279 e. The monoisotopic (exact) mass is 444 g/mol. The van der Waals surface area contributed by atoms with Crippen LogP contribution in [0.1, 0.15) is 21.6 Å². The molecule has 2 aromatic carbocycles. The van der Waals surface area contributed by atoms with Crippen molar-refractivity contribution in [3.8, 4) is 0 Å². The summed E-state index contributed by atoms with van der Waals surface area (Å²) in [6.07, 6.45) is 1.57. The minimum absolute atomic E-state index is 0.0934. The third-order valence-corrected chi connectivity index (χ3v) is 6.69. The summed E-state index contributed by atoms with van der Waals surface area (Å²) in [6.45, 7) is 5.62. The minimum atomic E-state index is -4.00. The first kappa shape index (κ1) is 21.5. The van der Waals surface area contributed by atoms with Crippen molar-refractivity contribution in [3.05, 3.63) is 79.5 Å². The van der Waals surface area contributed by atoms with E-state index in [9.17, 15) is 18.5 Å². The van der Waals surface area contributed by atoms with Crippen LogP contribution in [0.5, 0.6) is 0 Å². The highest BCUT2D eigenvalue weighted by molar-refractivity contribution is 7.92. The normalized spacial score (nSPS) is 11.6. The van der Waals surface area contributed by atoms with E-state index < -0.39 is 20.6 Å². The van der Waals surface area contributed by atoms with Gasteiger partial charge in [-0.1, -0.05) is 17.7 Å². The van der Waals surface area contributed by atoms with Crippen molar-refractivity contribution in [1.82, 2.24) is 0 Å². The molecule has 8 nitrogen and oxygen atoms in total. The lowest BCUT2D eigenvalue weighted by Crippen LogP contribution is -2.14. The molecule has 0 unspecified atom stereocenters. The van der Waals surface area contributed by atoms with Crippen molar-refractivity contribution < 1.29 is 13.3 Å². The van der Waals surface area contributed by atoms with Gasteiger partial charge in [-0.2, -0.15) is 5.10 Å². The van der Waals surface area contributed by atoms with Crippen molar-refractivity contribution in [1.29, 1.82) is 0 Å². The fraction of sp³-hybridized carbons (Fsp3) is 0.150.